The number of aliphatic hydroxyl groups excluding tert-OH is 1. The fourth-order valence-electron chi connectivity index (χ4n) is 2.27. The van der Waals surface area contributed by atoms with Crippen LogP contribution < -0.4 is 9.47 Å². The largest absolute Gasteiger partial charge is 0.486 e. The average molecular weight is 265 g/mol. The molecule has 0 radical (unpaired) electrons. The molecule has 1 heterocycles. The summed E-state index contributed by atoms with van der Waals surface area (Å²) in [4.78, 5) is 2.27. The van der Waals surface area contributed by atoms with Gasteiger partial charge in [0.05, 0.1) is 0 Å². The molecule has 0 aliphatic carbocycles. The Kier molecular flexibility index (Phi) is 5.05. The van der Waals surface area contributed by atoms with Crippen molar-refractivity contribution in [3.05, 3.63) is 23.3 Å². The van der Waals surface area contributed by atoms with Crippen LogP contribution in [0.2, 0.25) is 0 Å². The number of benzene rings is 1. The maximum atomic E-state index is 8.80. The van der Waals surface area contributed by atoms with Crippen molar-refractivity contribution in [1.82, 2.24) is 4.90 Å². The lowest BCUT2D eigenvalue weighted by atomic mass is 10.1. The molecule has 0 fully saturated rings. The number of aryl methyl sites for hydroxylation is 1. The van der Waals surface area contributed by atoms with E-state index in [0.29, 0.717) is 13.2 Å². The number of hydrogen-bond donors (Lipinski definition) is 1. The number of ether oxygens (including phenoxy) is 2. The molecule has 4 nitrogen and oxygen atoms in total. The molecule has 0 saturated carbocycles. The summed E-state index contributed by atoms with van der Waals surface area (Å²) >= 11 is 0. The lowest BCUT2D eigenvalue weighted by Crippen LogP contribution is -2.21. The third-order valence-electron chi connectivity index (χ3n) is 3.39. The van der Waals surface area contributed by atoms with Gasteiger partial charge in [-0.25, -0.2) is 0 Å². The summed E-state index contributed by atoms with van der Waals surface area (Å²) in [5.74, 6) is 1.71. The molecule has 1 N–H and O–H groups in total. The smallest absolute Gasteiger partial charge is 0.161 e. The van der Waals surface area contributed by atoms with Crippen molar-refractivity contribution in [1.29, 1.82) is 0 Å². The minimum atomic E-state index is 0.275. The molecule has 0 aromatic heterocycles. The van der Waals surface area contributed by atoms with E-state index in [9.17, 15) is 0 Å². The second kappa shape index (κ2) is 6.78. The second-order valence-corrected chi connectivity index (χ2v) is 5.09. The lowest BCUT2D eigenvalue weighted by molar-refractivity contribution is 0.171. The van der Waals surface area contributed by atoms with E-state index in [1.165, 1.54) is 11.1 Å². The monoisotopic (exact) mass is 265 g/mol. The fourth-order valence-corrected chi connectivity index (χ4v) is 2.27. The second-order valence-electron chi connectivity index (χ2n) is 5.09. The Morgan fingerprint density at radius 3 is 2.53 bits per heavy atom. The normalized spacial score (nSPS) is 13.9. The highest BCUT2D eigenvalue weighted by Crippen LogP contribution is 2.33. The third kappa shape index (κ3) is 3.85. The van der Waals surface area contributed by atoms with Crippen molar-refractivity contribution >= 4 is 0 Å². The SMILES string of the molecule is Cc1cc2c(cc1CN(C)CCCCO)OCCO2. The van der Waals surface area contributed by atoms with Crippen LogP contribution in [-0.4, -0.2) is 43.4 Å². The standard InChI is InChI=1S/C15H23NO3/c1-12-9-14-15(19-8-7-18-14)10-13(12)11-16(2)5-3-4-6-17/h9-10,17H,3-8,11H2,1-2H3. The van der Waals surface area contributed by atoms with Gasteiger partial charge < -0.3 is 19.5 Å². The van der Waals surface area contributed by atoms with Crippen LogP contribution in [0.3, 0.4) is 0 Å². The van der Waals surface area contributed by atoms with Gasteiger partial charge in [0.1, 0.15) is 13.2 Å². The van der Waals surface area contributed by atoms with Crippen molar-refractivity contribution in [2.45, 2.75) is 26.3 Å². The van der Waals surface area contributed by atoms with Crippen LogP contribution in [0.5, 0.6) is 11.5 Å². The van der Waals surface area contributed by atoms with Crippen molar-refractivity contribution in [2.75, 3.05) is 33.4 Å². The van der Waals surface area contributed by atoms with Gasteiger partial charge in [-0.15, -0.1) is 0 Å². The summed E-state index contributed by atoms with van der Waals surface area (Å²) in [5.41, 5.74) is 2.51. The fraction of sp³-hybridized carbons (Fsp3) is 0.600. The molecule has 1 aliphatic rings. The minimum absolute atomic E-state index is 0.275. The van der Waals surface area contributed by atoms with Crippen LogP contribution in [0.1, 0.15) is 24.0 Å². The summed E-state index contributed by atoms with van der Waals surface area (Å²) in [6.07, 6.45) is 1.89. The first-order chi connectivity index (χ1) is 9.20. The van der Waals surface area contributed by atoms with E-state index >= 15 is 0 Å². The number of aliphatic hydroxyl groups is 1. The predicted molar refractivity (Wildman–Crippen MR) is 74.8 cm³/mol. The Morgan fingerprint density at radius 2 is 1.84 bits per heavy atom. The summed E-state index contributed by atoms with van der Waals surface area (Å²) < 4.78 is 11.2. The van der Waals surface area contributed by atoms with E-state index in [4.69, 9.17) is 14.6 Å². The van der Waals surface area contributed by atoms with E-state index in [1.54, 1.807) is 0 Å². The lowest BCUT2D eigenvalue weighted by Gasteiger charge is -2.22. The zero-order valence-corrected chi connectivity index (χ0v) is 11.8. The number of rotatable bonds is 6. The van der Waals surface area contributed by atoms with Gasteiger partial charge in [-0.3, -0.25) is 0 Å². The summed E-state index contributed by atoms with van der Waals surface area (Å²) in [5, 5.41) is 8.80. The van der Waals surface area contributed by atoms with Crippen LogP contribution >= 0.6 is 0 Å². The first-order valence-electron chi connectivity index (χ1n) is 6.89. The van der Waals surface area contributed by atoms with Crippen LogP contribution in [0.4, 0.5) is 0 Å². The maximum Gasteiger partial charge on any atom is 0.161 e. The van der Waals surface area contributed by atoms with E-state index in [1.807, 2.05) is 0 Å². The van der Waals surface area contributed by atoms with E-state index in [2.05, 4.69) is 31.0 Å². The van der Waals surface area contributed by atoms with Gasteiger partial charge in [-0.05, 0) is 56.6 Å². The molecule has 2 rings (SSSR count). The highest BCUT2D eigenvalue weighted by Gasteiger charge is 2.14. The van der Waals surface area contributed by atoms with E-state index < -0.39 is 0 Å². The van der Waals surface area contributed by atoms with Gasteiger partial charge in [-0.2, -0.15) is 0 Å². The van der Waals surface area contributed by atoms with Crippen molar-refractivity contribution in [3.63, 3.8) is 0 Å². The molecule has 0 amide bonds. The molecule has 0 unspecified atom stereocenters. The van der Waals surface area contributed by atoms with Crippen molar-refractivity contribution in [2.24, 2.45) is 0 Å². The summed E-state index contributed by atoms with van der Waals surface area (Å²) in [7, 11) is 2.10. The molecule has 0 spiro atoms. The minimum Gasteiger partial charge on any atom is -0.486 e. The first kappa shape index (κ1) is 14.2. The summed E-state index contributed by atoms with van der Waals surface area (Å²) in [6, 6.07) is 4.15. The molecule has 0 saturated heterocycles. The molecule has 106 valence electrons. The van der Waals surface area contributed by atoms with Crippen molar-refractivity contribution in [3.8, 4) is 11.5 Å². The third-order valence-corrected chi connectivity index (χ3v) is 3.39. The van der Waals surface area contributed by atoms with E-state index in [0.717, 1.165) is 37.4 Å². The quantitative estimate of drug-likeness (QED) is 0.799. The van der Waals surface area contributed by atoms with Gasteiger partial charge >= 0.3 is 0 Å². The predicted octanol–water partition coefficient (Wildman–Crippen LogP) is 1.97. The van der Waals surface area contributed by atoms with E-state index in [-0.39, 0.29) is 6.61 Å². The molecular weight excluding hydrogens is 242 g/mol. The zero-order chi connectivity index (χ0) is 13.7. The molecular formula is C15H23NO3. The summed E-state index contributed by atoms with van der Waals surface area (Å²) in [6.45, 7) is 5.53. The Balaban J connectivity index is 1.99. The van der Waals surface area contributed by atoms with Gasteiger partial charge in [0, 0.05) is 13.2 Å². The molecule has 1 aromatic carbocycles. The Bertz CT molecular complexity index is 420. The van der Waals surface area contributed by atoms with Crippen LogP contribution in [0.15, 0.2) is 12.1 Å². The molecule has 0 bridgehead atoms. The first-order valence-corrected chi connectivity index (χ1v) is 6.89. The number of hydrogen-bond acceptors (Lipinski definition) is 4. The number of nitrogens with zero attached hydrogens (tertiary/aromatic N) is 1. The molecule has 19 heavy (non-hydrogen) atoms. The van der Waals surface area contributed by atoms with Crippen LogP contribution in [0, 0.1) is 6.92 Å². The topological polar surface area (TPSA) is 41.9 Å². The van der Waals surface area contributed by atoms with Gasteiger partial charge in [0.15, 0.2) is 11.5 Å². The van der Waals surface area contributed by atoms with Gasteiger partial charge in [0.2, 0.25) is 0 Å². The Labute approximate surface area is 114 Å². The number of fused-ring (bicyclic) bond motifs is 1. The molecule has 1 aliphatic heterocycles. The number of unbranched alkanes of at least 4 members (excludes halogenated alkanes) is 1. The van der Waals surface area contributed by atoms with Gasteiger partial charge in [0.25, 0.3) is 0 Å². The highest BCUT2D eigenvalue weighted by molar-refractivity contribution is 5.47. The van der Waals surface area contributed by atoms with Crippen LogP contribution in [0.25, 0.3) is 0 Å². The molecule has 0 atom stereocenters. The average Bonchev–Trinajstić information content (AvgIpc) is 2.40. The highest BCUT2D eigenvalue weighted by atomic mass is 16.6. The molecule has 1 aromatic rings. The Hall–Kier alpha value is -1.26. The van der Waals surface area contributed by atoms with Gasteiger partial charge in [-0.1, -0.05) is 0 Å². The van der Waals surface area contributed by atoms with Crippen LogP contribution in [-0.2, 0) is 6.54 Å². The zero-order valence-electron chi connectivity index (χ0n) is 11.8. The van der Waals surface area contributed by atoms with Crippen molar-refractivity contribution < 1.29 is 14.6 Å². The molecule has 4 heteroatoms. The Morgan fingerprint density at radius 1 is 1.16 bits per heavy atom. The maximum absolute atomic E-state index is 8.80.